The first-order valence-electron chi connectivity index (χ1n) is 6.44. The van der Waals surface area contributed by atoms with Crippen molar-refractivity contribution >= 4 is 17.7 Å². The molecule has 1 aliphatic rings. The van der Waals surface area contributed by atoms with Crippen LogP contribution in [0.2, 0.25) is 0 Å². The van der Waals surface area contributed by atoms with Crippen molar-refractivity contribution in [2.45, 2.75) is 43.8 Å². The lowest BCUT2D eigenvalue weighted by Crippen LogP contribution is -2.33. The van der Waals surface area contributed by atoms with E-state index in [4.69, 9.17) is 9.84 Å². The monoisotopic (exact) mass is 284 g/mol. The lowest BCUT2D eigenvalue weighted by Gasteiger charge is -2.29. The molecule has 1 N–H and O–H groups in total. The van der Waals surface area contributed by atoms with Gasteiger partial charge in [-0.25, -0.2) is 4.98 Å². The number of rotatable bonds is 5. The number of hydrogen-bond acceptors (Lipinski definition) is 4. The summed E-state index contributed by atoms with van der Waals surface area (Å²) in [7, 11) is 0. The molecule has 1 unspecified atom stereocenters. The van der Waals surface area contributed by atoms with Crippen LogP contribution < -0.4 is 0 Å². The van der Waals surface area contributed by atoms with Gasteiger partial charge in [-0.05, 0) is 19.3 Å². The summed E-state index contributed by atoms with van der Waals surface area (Å²) in [6, 6.07) is 0. The van der Waals surface area contributed by atoms with E-state index >= 15 is 0 Å². The van der Waals surface area contributed by atoms with Gasteiger partial charge in [0.2, 0.25) is 0 Å². The fraction of sp³-hybridized carbons (Fsp3) is 0.692. The number of nitrogens with zero attached hydrogens (tertiary/aromatic N) is 2. The van der Waals surface area contributed by atoms with Crippen molar-refractivity contribution in [1.29, 1.82) is 0 Å². The molecule has 0 amide bonds. The number of aliphatic carboxylic acids is 1. The summed E-state index contributed by atoms with van der Waals surface area (Å²) in [4.78, 5) is 15.1. The lowest BCUT2D eigenvalue weighted by atomic mass is 9.99. The van der Waals surface area contributed by atoms with E-state index in [1.807, 2.05) is 6.20 Å². The third-order valence-corrected chi connectivity index (χ3v) is 4.35. The van der Waals surface area contributed by atoms with Crippen LogP contribution >= 0.6 is 11.8 Å². The molecule has 0 saturated carbocycles. The zero-order chi connectivity index (χ0) is 14.0. The molecule has 6 heteroatoms. The minimum atomic E-state index is -0.821. The standard InChI is InChI=1S/C13H20N2O3S/c1-9(2)10-6-14-12(19-7-11(16)17)15(10)13(3)4-5-18-8-13/h6,9H,4-5,7-8H2,1-3H3,(H,16,17). The van der Waals surface area contributed by atoms with Crippen LogP contribution in [-0.4, -0.2) is 39.6 Å². The van der Waals surface area contributed by atoms with Crippen molar-refractivity contribution in [2.24, 2.45) is 0 Å². The summed E-state index contributed by atoms with van der Waals surface area (Å²) in [5, 5.41) is 9.61. The predicted octanol–water partition coefficient (Wildman–Crippen LogP) is 2.32. The molecular weight excluding hydrogens is 264 g/mol. The lowest BCUT2D eigenvalue weighted by molar-refractivity contribution is -0.133. The highest BCUT2D eigenvalue weighted by Crippen LogP contribution is 2.35. The van der Waals surface area contributed by atoms with Crippen LogP contribution in [0, 0.1) is 0 Å². The first-order chi connectivity index (χ1) is 8.94. The molecule has 1 saturated heterocycles. The van der Waals surface area contributed by atoms with Crippen molar-refractivity contribution in [2.75, 3.05) is 19.0 Å². The van der Waals surface area contributed by atoms with Gasteiger partial charge in [-0.1, -0.05) is 25.6 Å². The number of thioether (sulfide) groups is 1. The van der Waals surface area contributed by atoms with Crippen molar-refractivity contribution in [3.05, 3.63) is 11.9 Å². The average Bonchev–Trinajstić information content (AvgIpc) is 2.93. The van der Waals surface area contributed by atoms with Gasteiger partial charge in [-0.2, -0.15) is 0 Å². The summed E-state index contributed by atoms with van der Waals surface area (Å²) in [5.41, 5.74) is 1.03. The maximum absolute atomic E-state index is 10.7. The molecule has 0 radical (unpaired) electrons. The van der Waals surface area contributed by atoms with Gasteiger partial charge in [0.15, 0.2) is 5.16 Å². The highest BCUT2D eigenvalue weighted by atomic mass is 32.2. The molecule has 1 fully saturated rings. The summed E-state index contributed by atoms with van der Waals surface area (Å²) >= 11 is 1.28. The van der Waals surface area contributed by atoms with Crippen LogP contribution in [0.1, 0.15) is 38.8 Å². The molecule has 1 aromatic rings. The maximum Gasteiger partial charge on any atom is 0.313 e. The van der Waals surface area contributed by atoms with Crippen LogP contribution in [0.3, 0.4) is 0 Å². The second-order valence-corrected chi connectivity index (χ2v) is 6.38. The second-order valence-electron chi connectivity index (χ2n) is 5.44. The van der Waals surface area contributed by atoms with E-state index in [-0.39, 0.29) is 11.3 Å². The molecule has 19 heavy (non-hydrogen) atoms. The Morgan fingerprint density at radius 1 is 1.68 bits per heavy atom. The Morgan fingerprint density at radius 3 is 2.95 bits per heavy atom. The number of carboxylic acid groups (broad SMARTS) is 1. The Hall–Kier alpha value is -1.01. The van der Waals surface area contributed by atoms with Crippen molar-refractivity contribution in [3.63, 3.8) is 0 Å². The Balaban J connectivity index is 2.36. The van der Waals surface area contributed by atoms with Gasteiger partial charge in [0.05, 0.1) is 17.9 Å². The molecule has 0 aliphatic carbocycles. The van der Waals surface area contributed by atoms with Gasteiger partial charge in [0, 0.05) is 18.5 Å². The van der Waals surface area contributed by atoms with E-state index < -0.39 is 5.97 Å². The SMILES string of the molecule is CC(C)c1cnc(SCC(=O)O)n1C1(C)CCOC1. The number of aromatic nitrogens is 2. The highest BCUT2D eigenvalue weighted by molar-refractivity contribution is 7.99. The van der Waals surface area contributed by atoms with Crippen LogP contribution in [0.4, 0.5) is 0 Å². The zero-order valence-electron chi connectivity index (χ0n) is 11.5. The first-order valence-corrected chi connectivity index (χ1v) is 7.43. The summed E-state index contributed by atoms with van der Waals surface area (Å²) in [6.45, 7) is 7.80. The largest absolute Gasteiger partial charge is 0.481 e. The van der Waals surface area contributed by atoms with E-state index in [0.717, 1.165) is 23.9 Å². The Labute approximate surface area is 117 Å². The molecule has 5 nitrogen and oxygen atoms in total. The minimum absolute atomic E-state index is 0.0332. The van der Waals surface area contributed by atoms with E-state index in [9.17, 15) is 4.79 Å². The van der Waals surface area contributed by atoms with Gasteiger partial charge in [0.1, 0.15) is 0 Å². The summed E-state index contributed by atoms with van der Waals surface area (Å²) in [6.07, 6.45) is 2.79. The van der Waals surface area contributed by atoms with Gasteiger partial charge in [-0.15, -0.1) is 0 Å². The molecular formula is C13H20N2O3S. The minimum Gasteiger partial charge on any atom is -0.481 e. The van der Waals surface area contributed by atoms with E-state index in [0.29, 0.717) is 12.5 Å². The maximum atomic E-state index is 10.7. The first kappa shape index (κ1) is 14.4. The van der Waals surface area contributed by atoms with Gasteiger partial charge in [0.25, 0.3) is 0 Å². The number of imidazole rings is 1. The van der Waals surface area contributed by atoms with Crippen molar-refractivity contribution in [1.82, 2.24) is 9.55 Å². The van der Waals surface area contributed by atoms with Gasteiger partial charge >= 0.3 is 5.97 Å². The molecule has 2 heterocycles. The fourth-order valence-electron chi connectivity index (χ4n) is 2.36. The number of carboxylic acids is 1. The van der Waals surface area contributed by atoms with Gasteiger partial charge < -0.3 is 14.4 Å². The van der Waals surface area contributed by atoms with Crippen molar-refractivity contribution < 1.29 is 14.6 Å². The normalized spacial score (nSPS) is 23.2. The number of ether oxygens (including phenoxy) is 1. The number of carbonyl (C=O) groups is 1. The fourth-order valence-corrected chi connectivity index (χ4v) is 3.19. The molecule has 0 spiro atoms. The van der Waals surface area contributed by atoms with Crippen LogP contribution in [-0.2, 0) is 15.1 Å². The molecule has 2 rings (SSSR count). The van der Waals surface area contributed by atoms with E-state index in [2.05, 4.69) is 30.3 Å². The highest BCUT2D eigenvalue weighted by Gasteiger charge is 2.35. The molecule has 0 bridgehead atoms. The Bertz CT molecular complexity index is 464. The predicted molar refractivity (Wildman–Crippen MR) is 73.8 cm³/mol. The third kappa shape index (κ3) is 2.95. The summed E-state index contributed by atoms with van der Waals surface area (Å²) in [5.74, 6) is -0.437. The molecule has 106 valence electrons. The molecule has 0 aromatic carbocycles. The average molecular weight is 284 g/mol. The number of hydrogen-bond donors (Lipinski definition) is 1. The van der Waals surface area contributed by atoms with Crippen LogP contribution in [0.25, 0.3) is 0 Å². The second kappa shape index (κ2) is 5.54. The van der Waals surface area contributed by atoms with Crippen LogP contribution in [0.15, 0.2) is 11.4 Å². The topological polar surface area (TPSA) is 64.3 Å². The van der Waals surface area contributed by atoms with Crippen LogP contribution in [0.5, 0.6) is 0 Å². The van der Waals surface area contributed by atoms with Crippen molar-refractivity contribution in [3.8, 4) is 0 Å². The summed E-state index contributed by atoms with van der Waals surface area (Å²) < 4.78 is 7.70. The third-order valence-electron chi connectivity index (χ3n) is 3.41. The Morgan fingerprint density at radius 2 is 2.42 bits per heavy atom. The molecule has 1 aliphatic heterocycles. The van der Waals surface area contributed by atoms with E-state index in [1.165, 1.54) is 11.8 Å². The smallest absolute Gasteiger partial charge is 0.313 e. The zero-order valence-corrected chi connectivity index (χ0v) is 12.4. The van der Waals surface area contributed by atoms with Gasteiger partial charge in [-0.3, -0.25) is 4.79 Å². The molecule has 1 atom stereocenters. The quantitative estimate of drug-likeness (QED) is 0.841. The Kier molecular flexibility index (Phi) is 4.20. The van der Waals surface area contributed by atoms with E-state index in [1.54, 1.807) is 0 Å². The molecule has 1 aromatic heterocycles.